The van der Waals surface area contributed by atoms with Crippen molar-refractivity contribution in [1.29, 1.82) is 0 Å². The molecule has 0 atom stereocenters. The highest BCUT2D eigenvalue weighted by atomic mass is 14.3. The number of benzene rings is 2. The molecule has 0 aliphatic carbocycles. The van der Waals surface area contributed by atoms with E-state index in [1.807, 2.05) is 0 Å². The van der Waals surface area contributed by atoms with E-state index in [0.29, 0.717) is 0 Å². The van der Waals surface area contributed by atoms with Gasteiger partial charge < -0.3 is 0 Å². The van der Waals surface area contributed by atoms with Gasteiger partial charge in [0.15, 0.2) is 0 Å². The molecule has 2 rings (SSSR count). The van der Waals surface area contributed by atoms with Crippen LogP contribution in [0.3, 0.4) is 0 Å². The van der Waals surface area contributed by atoms with E-state index in [4.69, 9.17) is 0 Å². The predicted molar refractivity (Wildman–Crippen MR) is 78.8 cm³/mol. The molecule has 18 heavy (non-hydrogen) atoms. The van der Waals surface area contributed by atoms with Gasteiger partial charge >= 0.3 is 0 Å². The van der Waals surface area contributed by atoms with E-state index in [-0.39, 0.29) is 5.41 Å². The van der Waals surface area contributed by atoms with Crippen LogP contribution in [0.15, 0.2) is 72.8 Å². The molecule has 0 heteroatoms. The van der Waals surface area contributed by atoms with Crippen molar-refractivity contribution in [3.8, 4) is 0 Å². The van der Waals surface area contributed by atoms with E-state index in [1.165, 1.54) is 11.1 Å². The van der Waals surface area contributed by atoms with E-state index in [2.05, 4.69) is 86.7 Å². The van der Waals surface area contributed by atoms with E-state index in [0.717, 1.165) is 6.42 Å². The molecule has 2 aromatic rings. The number of rotatable bonds is 4. The van der Waals surface area contributed by atoms with E-state index < -0.39 is 0 Å². The van der Waals surface area contributed by atoms with Crippen LogP contribution >= 0.6 is 0 Å². The highest BCUT2D eigenvalue weighted by Gasteiger charge is 2.28. The molecule has 0 heterocycles. The zero-order valence-electron chi connectivity index (χ0n) is 11.1. The molecule has 0 aliphatic heterocycles. The third kappa shape index (κ3) is 2.24. The van der Waals surface area contributed by atoms with E-state index in [1.54, 1.807) is 0 Å². The van der Waals surface area contributed by atoms with Crippen LogP contribution in [-0.2, 0) is 5.41 Å². The van der Waals surface area contributed by atoms with Gasteiger partial charge in [-0.15, -0.1) is 0 Å². The molecular formula is C18H20. The molecule has 0 nitrogen and oxygen atoms in total. The van der Waals surface area contributed by atoms with Gasteiger partial charge in [-0.1, -0.05) is 79.7 Å². The summed E-state index contributed by atoms with van der Waals surface area (Å²) in [6.45, 7) is 4.34. The van der Waals surface area contributed by atoms with Crippen molar-refractivity contribution in [2.24, 2.45) is 0 Å². The molecular weight excluding hydrogens is 216 g/mol. The molecule has 0 amide bonds. The summed E-state index contributed by atoms with van der Waals surface area (Å²) in [5.41, 5.74) is 2.71. The maximum Gasteiger partial charge on any atom is 0.0379 e. The fourth-order valence-electron chi connectivity index (χ4n) is 2.64. The predicted octanol–water partition coefficient (Wildman–Crippen LogP) is 4.96. The smallest absolute Gasteiger partial charge is 0.0379 e. The lowest BCUT2D eigenvalue weighted by atomic mass is 9.72. The summed E-state index contributed by atoms with van der Waals surface area (Å²) in [4.78, 5) is 0. The first-order valence-electron chi connectivity index (χ1n) is 6.58. The average Bonchev–Trinajstić information content (AvgIpc) is 2.47. The minimum absolute atomic E-state index is 0.00271. The molecule has 0 saturated heterocycles. The van der Waals surface area contributed by atoms with Crippen LogP contribution in [0.5, 0.6) is 0 Å². The summed E-state index contributed by atoms with van der Waals surface area (Å²) >= 11 is 0. The molecule has 0 saturated carbocycles. The van der Waals surface area contributed by atoms with Crippen molar-refractivity contribution >= 4 is 0 Å². The van der Waals surface area contributed by atoms with Crippen molar-refractivity contribution in [2.45, 2.75) is 25.7 Å². The van der Waals surface area contributed by atoms with Crippen LogP contribution in [-0.4, -0.2) is 0 Å². The first-order chi connectivity index (χ1) is 8.83. The third-order valence-electron chi connectivity index (χ3n) is 3.59. The summed E-state index contributed by atoms with van der Waals surface area (Å²) in [6, 6.07) is 21.5. The van der Waals surface area contributed by atoms with Gasteiger partial charge in [0.1, 0.15) is 0 Å². The lowest BCUT2D eigenvalue weighted by Gasteiger charge is -2.31. The molecule has 0 fully saturated rings. The van der Waals surface area contributed by atoms with Crippen molar-refractivity contribution in [3.63, 3.8) is 0 Å². The second-order valence-electron chi connectivity index (χ2n) is 4.56. The molecule has 0 aliphatic rings. The summed E-state index contributed by atoms with van der Waals surface area (Å²) in [5.74, 6) is 0. The van der Waals surface area contributed by atoms with Crippen molar-refractivity contribution in [1.82, 2.24) is 0 Å². The Labute approximate surface area is 110 Å². The number of allylic oxidation sites excluding steroid dienone is 2. The van der Waals surface area contributed by atoms with E-state index in [9.17, 15) is 0 Å². The largest absolute Gasteiger partial charge is 0.0904 e. The van der Waals surface area contributed by atoms with Crippen LogP contribution in [0.4, 0.5) is 0 Å². The van der Waals surface area contributed by atoms with Crippen LogP contribution in [0.1, 0.15) is 31.4 Å². The maximum absolute atomic E-state index is 2.32. The van der Waals surface area contributed by atoms with Gasteiger partial charge in [0.2, 0.25) is 0 Å². The van der Waals surface area contributed by atoms with Gasteiger partial charge in [-0.05, 0) is 24.5 Å². The fraction of sp³-hybridized carbons (Fsp3) is 0.222. The summed E-state index contributed by atoms with van der Waals surface area (Å²) in [6.07, 6.45) is 5.53. The van der Waals surface area contributed by atoms with Crippen LogP contribution in [0.2, 0.25) is 0 Å². The molecule has 0 aromatic heterocycles. The Bertz CT molecular complexity index is 455. The highest BCUT2D eigenvalue weighted by Crippen LogP contribution is 2.36. The molecule has 0 radical (unpaired) electrons. The summed E-state index contributed by atoms with van der Waals surface area (Å²) in [5, 5.41) is 0. The van der Waals surface area contributed by atoms with Crippen molar-refractivity contribution in [2.75, 3.05) is 0 Å². The number of hydrogen-bond donors (Lipinski definition) is 0. The van der Waals surface area contributed by atoms with Crippen LogP contribution in [0.25, 0.3) is 0 Å². The van der Waals surface area contributed by atoms with Gasteiger partial charge in [-0.2, -0.15) is 0 Å². The third-order valence-corrected chi connectivity index (χ3v) is 3.59. The average molecular weight is 236 g/mol. The van der Waals surface area contributed by atoms with Crippen molar-refractivity contribution < 1.29 is 0 Å². The Morgan fingerprint density at radius 1 is 0.833 bits per heavy atom. The number of hydrogen-bond acceptors (Lipinski definition) is 0. The Kier molecular flexibility index (Phi) is 3.99. The monoisotopic (exact) mass is 236 g/mol. The van der Waals surface area contributed by atoms with Gasteiger partial charge in [0.05, 0.1) is 0 Å². The van der Waals surface area contributed by atoms with Crippen molar-refractivity contribution in [3.05, 3.63) is 83.9 Å². The molecule has 0 unspecified atom stereocenters. The van der Waals surface area contributed by atoms with Gasteiger partial charge in [0, 0.05) is 5.41 Å². The minimum Gasteiger partial charge on any atom is -0.0904 e. The van der Waals surface area contributed by atoms with Crippen LogP contribution in [0, 0.1) is 0 Å². The Morgan fingerprint density at radius 2 is 1.28 bits per heavy atom. The SMILES string of the molecule is CC=CC(CC)(c1ccccc1)c1ccccc1. The Morgan fingerprint density at radius 3 is 1.61 bits per heavy atom. The molecule has 0 bridgehead atoms. The normalized spacial score (nSPS) is 11.9. The van der Waals surface area contributed by atoms with Gasteiger partial charge in [-0.25, -0.2) is 0 Å². The lowest BCUT2D eigenvalue weighted by Crippen LogP contribution is -2.24. The highest BCUT2D eigenvalue weighted by molar-refractivity contribution is 5.44. The van der Waals surface area contributed by atoms with Crippen LogP contribution < -0.4 is 0 Å². The second-order valence-corrected chi connectivity index (χ2v) is 4.56. The molecule has 2 aromatic carbocycles. The Hall–Kier alpha value is -1.82. The van der Waals surface area contributed by atoms with E-state index >= 15 is 0 Å². The molecule has 92 valence electrons. The standard InChI is InChI=1S/C18H20/c1-3-15-18(4-2,16-11-7-5-8-12-16)17-13-9-6-10-14-17/h3,5-15H,4H2,1-2H3. The fourth-order valence-corrected chi connectivity index (χ4v) is 2.64. The molecule has 0 spiro atoms. The second kappa shape index (κ2) is 5.68. The maximum atomic E-state index is 2.32. The zero-order chi connectivity index (χ0) is 12.8. The molecule has 0 N–H and O–H groups in total. The topological polar surface area (TPSA) is 0 Å². The first kappa shape index (κ1) is 12.6. The Balaban J connectivity index is 2.61. The summed E-state index contributed by atoms with van der Waals surface area (Å²) in [7, 11) is 0. The van der Waals surface area contributed by atoms with Gasteiger partial charge in [0.25, 0.3) is 0 Å². The lowest BCUT2D eigenvalue weighted by molar-refractivity contribution is 0.616. The zero-order valence-corrected chi connectivity index (χ0v) is 11.1. The minimum atomic E-state index is -0.00271. The quantitative estimate of drug-likeness (QED) is 0.658. The van der Waals surface area contributed by atoms with Gasteiger partial charge in [-0.3, -0.25) is 0 Å². The summed E-state index contributed by atoms with van der Waals surface area (Å²) < 4.78 is 0. The first-order valence-corrected chi connectivity index (χ1v) is 6.58.